The van der Waals surface area contributed by atoms with E-state index in [9.17, 15) is 9.59 Å². The van der Waals surface area contributed by atoms with Crippen LogP contribution in [0.25, 0.3) is 5.78 Å². The number of fused-ring (bicyclic) bond motifs is 1. The van der Waals surface area contributed by atoms with Crippen LogP contribution >= 0.6 is 15.9 Å². The van der Waals surface area contributed by atoms with Crippen molar-refractivity contribution in [3.8, 4) is 0 Å². The highest BCUT2D eigenvalue weighted by Crippen LogP contribution is 2.08. The lowest BCUT2D eigenvalue weighted by atomic mass is 10.1. The maximum atomic E-state index is 12.0. The summed E-state index contributed by atoms with van der Waals surface area (Å²) in [4.78, 5) is 30.9. The van der Waals surface area contributed by atoms with E-state index in [1.165, 1.54) is 10.7 Å². The number of halogens is 1. The minimum absolute atomic E-state index is 0.123. The molecule has 0 saturated carbocycles. The van der Waals surface area contributed by atoms with E-state index in [1.54, 1.807) is 20.0 Å². The van der Waals surface area contributed by atoms with Gasteiger partial charge in [-0.1, -0.05) is 13.8 Å². The van der Waals surface area contributed by atoms with Crippen LogP contribution in [-0.2, 0) is 4.79 Å². The van der Waals surface area contributed by atoms with Crippen molar-refractivity contribution in [2.75, 3.05) is 0 Å². The molecule has 0 aliphatic rings. The van der Waals surface area contributed by atoms with Crippen molar-refractivity contribution in [3.63, 3.8) is 0 Å². The van der Waals surface area contributed by atoms with Crippen molar-refractivity contribution in [2.45, 2.75) is 19.9 Å². The van der Waals surface area contributed by atoms with Gasteiger partial charge < -0.3 is 10.4 Å². The van der Waals surface area contributed by atoms with E-state index in [0.29, 0.717) is 4.47 Å². The number of amides is 1. The predicted octanol–water partition coefficient (Wildman–Crippen LogP) is 0.726. The van der Waals surface area contributed by atoms with Gasteiger partial charge in [-0.3, -0.25) is 4.79 Å². The molecule has 2 N–H and O–H groups in total. The number of aliphatic carboxylic acids is 1. The zero-order chi connectivity index (χ0) is 14.9. The Morgan fingerprint density at radius 3 is 2.75 bits per heavy atom. The number of rotatable bonds is 4. The number of hydrogen-bond acceptors (Lipinski definition) is 5. The third-order valence-electron chi connectivity index (χ3n) is 2.58. The first-order chi connectivity index (χ1) is 9.38. The number of carboxylic acid groups (broad SMARTS) is 1. The summed E-state index contributed by atoms with van der Waals surface area (Å²) < 4.78 is 2.02. The molecule has 20 heavy (non-hydrogen) atoms. The lowest BCUT2D eigenvalue weighted by Crippen LogP contribution is -2.44. The average Bonchev–Trinajstić information content (AvgIpc) is 2.77. The summed E-state index contributed by atoms with van der Waals surface area (Å²) in [6.45, 7) is 3.41. The second-order valence-corrected chi connectivity index (χ2v) is 5.40. The molecule has 0 aliphatic carbocycles. The van der Waals surface area contributed by atoms with Crippen LogP contribution in [0.2, 0.25) is 0 Å². The molecule has 0 saturated heterocycles. The molecule has 9 heteroatoms. The standard InChI is InChI=1S/C11H12BrN5O3/c1-5(2)7(10(19)20)14-9(18)8-15-11-13-3-6(12)4-17(11)16-8/h3-5,7H,1-2H3,(H,14,18)(H,19,20)/t7-/m0/s1. The van der Waals surface area contributed by atoms with Gasteiger partial charge >= 0.3 is 5.97 Å². The molecule has 0 unspecified atom stereocenters. The van der Waals surface area contributed by atoms with Crippen LogP contribution < -0.4 is 5.32 Å². The molecule has 8 nitrogen and oxygen atoms in total. The Balaban J connectivity index is 2.25. The molecule has 106 valence electrons. The number of hydrogen-bond donors (Lipinski definition) is 2. The van der Waals surface area contributed by atoms with Crippen LogP contribution in [0, 0.1) is 5.92 Å². The van der Waals surface area contributed by atoms with Gasteiger partial charge in [0.25, 0.3) is 11.7 Å². The topological polar surface area (TPSA) is 109 Å². The largest absolute Gasteiger partial charge is 0.480 e. The summed E-state index contributed by atoms with van der Waals surface area (Å²) in [5, 5.41) is 15.4. The lowest BCUT2D eigenvalue weighted by Gasteiger charge is -2.16. The van der Waals surface area contributed by atoms with Gasteiger partial charge in [0.05, 0.1) is 4.47 Å². The van der Waals surface area contributed by atoms with Crippen LogP contribution in [0.1, 0.15) is 24.5 Å². The first-order valence-electron chi connectivity index (χ1n) is 5.80. The fourth-order valence-electron chi connectivity index (χ4n) is 1.57. The van der Waals surface area contributed by atoms with E-state index in [2.05, 4.69) is 36.3 Å². The van der Waals surface area contributed by atoms with E-state index in [0.717, 1.165) is 0 Å². The SMILES string of the molecule is CC(C)[C@H](NC(=O)c1nc2ncc(Br)cn2n1)C(=O)O. The van der Waals surface area contributed by atoms with E-state index in [1.807, 2.05) is 0 Å². The Kier molecular flexibility index (Phi) is 3.98. The Morgan fingerprint density at radius 1 is 1.45 bits per heavy atom. The van der Waals surface area contributed by atoms with Gasteiger partial charge in [0, 0.05) is 12.4 Å². The fraction of sp³-hybridized carbons (Fsp3) is 0.364. The predicted molar refractivity (Wildman–Crippen MR) is 72.2 cm³/mol. The highest BCUT2D eigenvalue weighted by atomic mass is 79.9. The Labute approximate surface area is 122 Å². The third kappa shape index (κ3) is 2.93. The Bertz CT molecular complexity index is 669. The van der Waals surface area contributed by atoms with Gasteiger partial charge in [-0.25, -0.2) is 14.3 Å². The molecule has 0 radical (unpaired) electrons. The minimum Gasteiger partial charge on any atom is -0.480 e. The highest BCUT2D eigenvalue weighted by Gasteiger charge is 2.25. The van der Waals surface area contributed by atoms with Gasteiger partial charge in [-0.05, 0) is 21.8 Å². The molecule has 0 fully saturated rings. The van der Waals surface area contributed by atoms with Crippen LogP contribution in [0.15, 0.2) is 16.9 Å². The molecule has 2 heterocycles. The summed E-state index contributed by atoms with van der Waals surface area (Å²) >= 11 is 3.23. The maximum absolute atomic E-state index is 12.0. The number of nitrogens with one attached hydrogen (secondary N) is 1. The quantitative estimate of drug-likeness (QED) is 0.848. The summed E-state index contributed by atoms with van der Waals surface area (Å²) in [7, 11) is 0. The van der Waals surface area contributed by atoms with E-state index in [-0.39, 0.29) is 17.5 Å². The van der Waals surface area contributed by atoms with Crippen molar-refractivity contribution in [1.82, 2.24) is 24.9 Å². The van der Waals surface area contributed by atoms with Gasteiger partial charge in [0.1, 0.15) is 6.04 Å². The van der Waals surface area contributed by atoms with Gasteiger partial charge in [-0.2, -0.15) is 4.98 Å². The smallest absolute Gasteiger partial charge is 0.326 e. The van der Waals surface area contributed by atoms with E-state index in [4.69, 9.17) is 5.11 Å². The van der Waals surface area contributed by atoms with Gasteiger partial charge in [-0.15, -0.1) is 5.10 Å². The second-order valence-electron chi connectivity index (χ2n) is 4.49. The first-order valence-corrected chi connectivity index (χ1v) is 6.59. The first kappa shape index (κ1) is 14.4. The minimum atomic E-state index is -1.10. The molecule has 0 aromatic carbocycles. The number of nitrogens with zero attached hydrogens (tertiary/aromatic N) is 4. The van der Waals surface area contributed by atoms with Crippen molar-refractivity contribution < 1.29 is 14.7 Å². The molecule has 2 aromatic heterocycles. The molecular weight excluding hydrogens is 330 g/mol. The van der Waals surface area contributed by atoms with Crippen LogP contribution in [0.5, 0.6) is 0 Å². The molecule has 1 atom stereocenters. The van der Waals surface area contributed by atoms with Gasteiger partial charge in [0.2, 0.25) is 5.82 Å². The van der Waals surface area contributed by atoms with Crippen molar-refractivity contribution in [2.24, 2.45) is 5.92 Å². The molecule has 1 amide bonds. The highest BCUT2D eigenvalue weighted by molar-refractivity contribution is 9.10. The van der Waals surface area contributed by atoms with Crippen molar-refractivity contribution in [1.29, 1.82) is 0 Å². The summed E-state index contributed by atoms with van der Waals surface area (Å²) in [5.41, 5.74) is 0. The Morgan fingerprint density at radius 2 is 2.15 bits per heavy atom. The number of carboxylic acids is 1. The molecule has 2 rings (SSSR count). The monoisotopic (exact) mass is 341 g/mol. The molecule has 0 spiro atoms. The number of carbonyl (C=O) groups excluding carboxylic acids is 1. The molecule has 2 aromatic rings. The van der Waals surface area contributed by atoms with Crippen LogP contribution in [-0.4, -0.2) is 42.6 Å². The Hall–Kier alpha value is -2.03. The zero-order valence-electron chi connectivity index (χ0n) is 10.7. The average molecular weight is 342 g/mol. The summed E-state index contributed by atoms with van der Waals surface area (Å²) in [6, 6.07) is -0.992. The van der Waals surface area contributed by atoms with E-state index < -0.39 is 17.9 Å². The lowest BCUT2D eigenvalue weighted by molar-refractivity contribution is -0.140. The zero-order valence-corrected chi connectivity index (χ0v) is 12.3. The fourth-order valence-corrected chi connectivity index (χ4v) is 1.87. The second kappa shape index (κ2) is 5.53. The van der Waals surface area contributed by atoms with Crippen molar-refractivity contribution in [3.05, 3.63) is 22.7 Å². The van der Waals surface area contributed by atoms with Gasteiger partial charge in [0.15, 0.2) is 0 Å². The van der Waals surface area contributed by atoms with Crippen molar-refractivity contribution >= 4 is 33.6 Å². The summed E-state index contributed by atoms with van der Waals surface area (Å²) in [5.74, 6) is -1.86. The number of carbonyl (C=O) groups is 2. The number of aromatic nitrogens is 4. The van der Waals surface area contributed by atoms with Crippen LogP contribution in [0.3, 0.4) is 0 Å². The van der Waals surface area contributed by atoms with E-state index >= 15 is 0 Å². The van der Waals surface area contributed by atoms with Crippen LogP contribution in [0.4, 0.5) is 0 Å². The normalized spacial score (nSPS) is 12.6. The maximum Gasteiger partial charge on any atom is 0.326 e. The summed E-state index contributed by atoms with van der Waals surface area (Å²) in [6.07, 6.45) is 3.13. The third-order valence-corrected chi connectivity index (χ3v) is 2.99. The molecule has 0 aliphatic heterocycles. The molecule has 0 bridgehead atoms. The molecular formula is C11H12BrN5O3.